The van der Waals surface area contributed by atoms with Gasteiger partial charge in [0, 0.05) is 31.7 Å². The third-order valence-corrected chi connectivity index (χ3v) is 2.64. The fraction of sp³-hybridized carbons (Fsp3) is 1.00. The van der Waals surface area contributed by atoms with Gasteiger partial charge >= 0.3 is 0 Å². The minimum Gasteiger partial charge on any atom is -0.314 e. The van der Waals surface area contributed by atoms with Crippen LogP contribution in [0, 0.1) is 0 Å². The Bertz CT molecular complexity index is 133. The fourth-order valence-electron chi connectivity index (χ4n) is 1.81. The summed E-state index contributed by atoms with van der Waals surface area (Å²) in [6.07, 6.45) is 1.33. The molecule has 2 heterocycles. The average molecular weight is 155 g/mol. The maximum absolute atomic E-state index is 3.64. The van der Waals surface area contributed by atoms with Gasteiger partial charge in [0.25, 0.3) is 0 Å². The van der Waals surface area contributed by atoms with Crippen molar-refractivity contribution in [3.05, 3.63) is 0 Å². The van der Waals surface area contributed by atoms with Gasteiger partial charge in [-0.25, -0.2) is 0 Å². The van der Waals surface area contributed by atoms with E-state index in [0.717, 1.165) is 12.1 Å². The molecule has 0 aliphatic carbocycles. The molecule has 1 atom stereocenters. The standard InChI is InChI=1S/C8H17N3/c1-11-3-2-7(6-11)10-8-4-9-5-8/h7-10H,2-6H2,1H3. The largest absolute Gasteiger partial charge is 0.314 e. The van der Waals surface area contributed by atoms with E-state index in [4.69, 9.17) is 0 Å². The summed E-state index contributed by atoms with van der Waals surface area (Å²) in [5.41, 5.74) is 0. The number of hydrogen-bond donors (Lipinski definition) is 2. The molecule has 2 aliphatic rings. The second-order valence-electron chi connectivity index (χ2n) is 3.77. The smallest absolute Gasteiger partial charge is 0.0320 e. The third-order valence-electron chi connectivity index (χ3n) is 2.64. The molecule has 0 amide bonds. The van der Waals surface area contributed by atoms with Crippen LogP contribution in [-0.4, -0.2) is 50.2 Å². The molecular weight excluding hydrogens is 138 g/mol. The number of nitrogens with zero attached hydrogens (tertiary/aromatic N) is 1. The van der Waals surface area contributed by atoms with Crippen molar-refractivity contribution in [2.45, 2.75) is 18.5 Å². The van der Waals surface area contributed by atoms with E-state index in [0.29, 0.717) is 0 Å². The van der Waals surface area contributed by atoms with E-state index < -0.39 is 0 Å². The molecule has 2 aliphatic heterocycles. The van der Waals surface area contributed by atoms with Gasteiger partial charge in [-0.1, -0.05) is 0 Å². The number of hydrogen-bond acceptors (Lipinski definition) is 3. The second kappa shape index (κ2) is 3.09. The Hall–Kier alpha value is -0.120. The lowest BCUT2D eigenvalue weighted by Gasteiger charge is -2.31. The van der Waals surface area contributed by atoms with Crippen molar-refractivity contribution >= 4 is 0 Å². The molecule has 0 saturated carbocycles. The van der Waals surface area contributed by atoms with E-state index in [9.17, 15) is 0 Å². The van der Waals surface area contributed by atoms with Crippen molar-refractivity contribution in [2.75, 3.05) is 33.2 Å². The maximum Gasteiger partial charge on any atom is 0.0320 e. The first kappa shape index (κ1) is 7.53. The molecule has 3 heteroatoms. The minimum absolute atomic E-state index is 0.756. The molecular formula is C8H17N3. The lowest BCUT2D eigenvalue weighted by molar-refractivity contribution is 0.320. The number of likely N-dealkylation sites (N-methyl/N-ethyl adjacent to an activating group) is 1. The van der Waals surface area contributed by atoms with Crippen LogP contribution in [0.15, 0.2) is 0 Å². The zero-order chi connectivity index (χ0) is 7.68. The van der Waals surface area contributed by atoms with Crippen LogP contribution in [0.25, 0.3) is 0 Å². The zero-order valence-corrected chi connectivity index (χ0v) is 7.14. The Balaban J connectivity index is 1.70. The molecule has 1 unspecified atom stereocenters. The molecule has 0 radical (unpaired) electrons. The highest BCUT2D eigenvalue weighted by Gasteiger charge is 2.24. The Morgan fingerprint density at radius 3 is 2.64 bits per heavy atom. The van der Waals surface area contributed by atoms with Gasteiger partial charge in [0.1, 0.15) is 0 Å². The van der Waals surface area contributed by atoms with Crippen LogP contribution in [0.4, 0.5) is 0 Å². The van der Waals surface area contributed by atoms with E-state index in [2.05, 4.69) is 22.6 Å². The summed E-state index contributed by atoms with van der Waals surface area (Å²) >= 11 is 0. The SMILES string of the molecule is CN1CCC(NC2CNC2)C1. The topological polar surface area (TPSA) is 27.3 Å². The molecule has 0 aromatic heterocycles. The summed E-state index contributed by atoms with van der Waals surface area (Å²) < 4.78 is 0. The molecule has 0 aromatic rings. The van der Waals surface area contributed by atoms with Crippen LogP contribution in [0.1, 0.15) is 6.42 Å². The number of rotatable bonds is 2. The molecule has 2 rings (SSSR count). The third kappa shape index (κ3) is 1.72. The van der Waals surface area contributed by atoms with Gasteiger partial charge in [0.15, 0.2) is 0 Å². The average Bonchev–Trinajstić information content (AvgIpc) is 2.27. The zero-order valence-electron chi connectivity index (χ0n) is 7.14. The summed E-state index contributed by atoms with van der Waals surface area (Å²) in [6.45, 7) is 4.83. The summed E-state index contributed by atoms with van der Waals surface area (Å²) in [7, 11) is 2.20. The van der Waals surface area contributed by atoms with E-state index >= 15 is 0 Å². The quantitative estimate of drug-likeness (QED) is 0.549. The first-order valence-corrected chi connectivity index (χ1v) is 4.50. The monoisotopic (exact) mass is 155 g/mol. The number of likely N-dealkylation sites (tertiary alicyclic amines) is 1. The number of nitrogens with one attached hydrogen (secondary N) is 2. The van der Waals surface area contributed by atoms with Crippen LogP contribution in [0.5, 0.6) is 0 Å². The van der Waals surface area contributed by atoms with Crippen LogP contribution in [0.2, 0.25) is 0 Å². The van der Waals surface area contributed by atoms with Crippen molar-refractivity contribution in [1.29, 1.82) is 0 Å². The van der Waals surface area contributed by atoms with Crippen LogP contribution < -0.4 is 10.6 Å². The Kier molecular flexibility index (Phi) is 2.11. The van der Waals surface area contributed by atoms with Gasteiger partial charge in [-0.3, -0.25) is 0 Å². The Morgan fingerprint density at radius 2 is 2.18 bits per heavy atom. The molecule has 2 saturated heterocycles. The van der Waals surface area contributed by atoms with Crippen molar-refractivity contribution in [3.63, 3.8) is 0 Å². The van der Waals surface area contributed by atoms with Crippen molar-refractivity contribution in [1.82, 2.24) is 15.5 Å². The minimum atomic E-state index is 0.756. The second-order valence-corrected chi connectivity index (χ2v) is 3.77. The highest BCUT2D eigenvalue weighted by atomic mass is 15.2. The van der Waals surface area contributed by atoms with E-state index in [-0.39, 0.29) is 0 Å². The van der Waals surface area contributed by atoms with Gasteiger partial charge in [-0.15, -0.1) is 0 Å². The van der Waals surface area contributed by atoms with Gasteiger partial charge < -0.3 is 15.5 Å². The first-order chi connectivity index (χ1) is 5.34. The van der Waals surface area contributed by atoms with Gasteiger partial charge in [0.05, 0.1) is 0 Å². The lowest BCUT2D eigenvalue weighted by Crippen LogP contribution is -2.58. The lowest BCUT2D eigenvalue weighted by atomic mass is 10.1. The van der Waals surface area contributed by atoms with E-state index in [1.165, 1.54) is 32.6 Å². The Labute approximate surface area is 68.1 Å². The highest BCUT2D eigenvalue weighted by molar-refractivity contribution is 4.88. The molecule has 64 valence electrons. The molecule has 0 spiro atoms. The van der Waals surface area contributed by atoms with E-state index in [1.54, 1.807) is 0 Å². The van der Waals surface area contributed by atoms with Crippen LogP contribution in [-0.2, 0) is 0 Å². The summed E-state index contributed by atoms with van der Waals surface area (Å²) in [4.78, 5) is 2.39. The molecule has 0 bridgehead atoms. The normalized spacial score (nSPS) is 34.1. The molecule has 2 fully saturated rings. The molecule has 11 heavy (non-hydrogen) atoms. The van der Waals surface area contributed by atoms with Gasteiger partial charge in [-0.05, 0) is 20.0 Å². The molecule has 2 N–H and O–H groups in total. The fourth-order valence-corrected chi connectivity index (χ4v) is 1.81. The first-order valence-electron chi connectivity index (χ1n) is 4.50. The predicted molar refractivity (Wildman–Crippen MR) is 45.7 cm³/mol. The van der Waals surface area contributed by atoms with Crippen LogP contribution in [0.3, 0.4) is 0 Å². The van der Waals surface area contributed by atoms with E-state index in [1.807, 2.05) is 0 Å². The highest BCUT2D eigenvalue weighted by Crippen LogP contribution is 2.07. The van der Waals surface area contributed by atoms with Crippen LogP contribution >= 0.6 is 0 Å². The van der Waals surface area contributed by atoms with Gasteiger partial charge in [0.2, 0.25) is 0 Å². The summed E-state index contributed by atoms with van der Waals surface area (Å²) in [6, 6.07) is 1.51. The molecule has 3 nitrogen and oxygen atoms in total. The summed E-state index contributed by atoms with van der Waals surface area (Å²) in [5, 5.41) is 6.91. The summed E-state index contributed by atoms with van der Waals surface area (Å²) in [5.74, 6) is 0. The van der Waals surface area contributed by atoms with Crippen molar-refractivity contribution in [2.24, 2.45) is 0 Å². The maximum atomic E-state index is 3.64. The predicted octanol–water partition coefficient (Wildman–Crippen LogP) is -0.748. The van der Waals surface area contributed by atoms with Gasteiger partial charge in [-0.2, -0.15) is 0 Å². The van der Waals surface area contributed by atoms with Crippen molar-refractivity contribution < 1.29 is 0 Å². The Morgan fingerprint density at radius 1 is 1.36 bits per heavy atom. The molecule has 0 aromatic carbocycles. The van der Waals surface area contributed by atoms with Crippen molar-refractivity contribution in [3.8, 4) is 0 Å².